The van der Waals surface area contributed by atoms with Gasteiger partial charge in [-0.3, -0.25) is 0 Å². The van der Waals surface area contributed by atoms with E-state index in [2.05, 4.69) is 19.2 Å². The first-order valence-electron chi connectivity index (χ1n) is 5.39. The van der Waals surface area contributed by atoms with Crippen LogP contribution in [0.4, 0.5) is 0 Å². The van der Waals surface area contributed by atoms with E-state index in [4.69, 9.17) is 23.2 Å². The molecule has 0 bridgehead atoms. The summed E-state index contributed by atoms with van der Waals surface area (Å²) in [5, 5.41) is 13.9. The van der Waals surface area contributed by atoms with E-state index in [0.29, 0.717) is 16.1 Å². The Bertz CT molecular complexity index is 324. The molecule has 0 aliphatic rings. The molecule has 0 radical (unpaired) electrons. The molecule has 0 aliphatic carbocycles. The van der Waals surface area contributed by atoms with Gasteiger partial charge in [0.2, 0.25) is 0 Å². The highest BCUT2D eigenvalue weighted by Crippen LogP contribution is 2.23. The van der Waals surface area contributed by atoms with Crippen molar-refractivity contribution in [3.8, 4) is 0 Å². The number of aliphatic hydroxyl groups excluding tert-OH is 1. The van der Waals surface area contributed by atoms with E-state index in [9.17, 15) is 5.11 Å². The SMILES string of the molecule is CCC(C)NC(CO)c1cc(Cl)cc(Cl)c1. The summed E-state index contributed by atoms with van der Waals surface area (Å²) < 4.78 is 0. The lowest BCUT2D eigenvalue weighted by Crippen LogP contribution is -2.32. The first-order chi connectivity index (χ1) is 7.56. The van der Waals surface area contributed by atoms with Crippen LogP contribution in [0.1, 0.15) is 31.9 Å². The van der Waals surface area contributed by atoms with Crippen LogP contribution in [0, 0.1) is 0 Å². The summed E-state index contributed by atoms with van der Waals surface area (Å²) in [6.45, 7) is 4.20. The van der Waals surface area contributed by atoms with Crippen molar-refractivity contribution in [1.82, 2.24) is 5.32 Å². The zero-order chi connectivity index (χ0) is 12.1. The predicted molar refractivity (Wildman–Crippen MR) is 69.2 cm³/mol. The van der Waals surface area contributed by atoms with Crippen molar-refractivity contribution in [3.05, 3.63) is 33.8 Å². The van der Waals surface area contributed by atoms with Gasteiger partial charge in [0.1, 0.15) is 0 Å². The van der Waals surface area contributed by atoms with Crippen LogP contribution in [-0.2, 0) is 0 Å². The lowest BCUT2D eigenvalue weighted by Gasteiger charge is -2.21. The van der Waals surface area contributed by atoms with Crippen molar-refractivity contribution < 1.29 is 5.11 Å². The molecule has 2 nitrogen and oxygen atoms in total. The van der Waals surface area contributed by atoms with Crippen LogP contribution in [0.15, 0.2) is 18.2 Å². The average molecular weight is 262 g/mol. The molecule has 4 heteroatoms. The maximum Gasteiger partial charge on any atom is 0.0626 e. The summed E-state index contributed by atoms with van der Waals surface area (Å²) in [5.74, 6) is 0. The van der Waals surface area contributed by atoms with Crippen molar-refractivity contribution in [3.63, 3.8) is 0 Å². The van der Waals surface area contributed by atoms with Gasteiger partial charge in [-0.25, -0.2) is 0 Å². The highest BCUT2D eigenvalue weighted by molar-refractivity contribution is 6.34. The second kappa shape index (κ2) is 6.45. The van der Waals surface area contributed by atoms with Crippen LogP contribution in [0.2, 0.25) is 10.0 Å². The third-order valence-electron chi connectivity index (χ3n) is 2.57. The lowest BCUT2D eigenvalue weighted by atomic mass is 10.1. The van der Waals surface area contributed by atoms with Gasteiger partial charge in [-0.1, -0.05) is 30.1 Å². The molecule has 1 aromatic carbocycles. The molecule has 2 atom stereocenters. The molecule has 1 aromatic rings. The molecule has 16 heavy (non-hydrogen) atoms. The number of hydrogen-bond acceptors (Lipinski definition) is 2. The number of halogens is 2. The van der Waals surface area contributed by atoms with Crippen LogP contribution >= 0.6 is 23.2 Å². The van der Waals surface area contributed by atoms with Gasteiger partial charge in [-0.2, -0.15) is 0 Å². The third kappa shape index (κ3) is 3.95. The summed E-state index contributed by atoms with van der Waals surface area (Å²) in [5.41, 5.74) is 0.917. The smallest absolute Gasteiger partial charge is 0.0626 e. The second-order valence-corrected chi connectivity index (χ2v) is 4.79. The van der Waals surface area contributed by atoms with Gasteiger partial charge >= 0.3 is 0 Å². The molecule has 0 aliphatic heterocycles. The molecule has 0 aromatic heterocycles. The Morgan fingerprint density at radius 3 is 2.25 bits per heavy atom. The Morgan fingerprint density at radius 1 is 1.25 bits per heavy atom. The van der Waals surface area contributed by atoms with Gasteiger partial charge in [0.25, 0.3) is 0 Å². The normalized spacial score (nSPS) is 14.8. The topological polar surface area (TPSA) is 32.3 Å². The first-order valence-corrected chi connectivity index (χ1v) is 6.15. The molecular formula is C12H17Cl2NO. The zero-order valence-corrected chi connectivity index (χ0v) is 11.0. The molecule has 1 rings (SSSR count). The molecule has 0 saturated heterocycles. The molecule has 0 saturated carbocycles. The van der Waals surface area contributed by atoms with E-state index in [1.54, 1.807) is 6.07 Å². The van der Waals surface area contributed by atoms with Gasteiger partial charge in [-0.05, 0) is 37.1 Å². The van der Waals surface area contributed by atoms with Gasteiger partial charge in [0, 0.05) is 16.1 Å². The molecular weight excluding hydrogens is 245 g/mol. The maximum absolute atomic E-state index is 9.36. The highest BCUT2D eigenvalue weighted by Gasteiger charge is 2.13. The molecule has 0 fully saturated rings. The van der Waals surface area contributed by atoms with Gasteiger partial charge in [-0.15, -0.1) is 0 Å². The van der Waals surface area contributed by atoms with Crippen LogP contribution in [0.3, 0.4) is 0 Å². The van der Waals surface area contributed by atoms with E-state index < -0.39 is 0 Å². The van der Waals surface area contributed by atoms with Crippen LogP contribution < -0.4 is 5.32 Å². The molecule has 2 unspecified atom stereocenters. The summed E-state index contributed by atoms with van der Waals surface area (Å²) in [4.78, 5) is 0. The fourth-order valence-electron chi connectivity index (χ4n) is 1.49. The molecule has 0 amide bonds. The number of aliphatic hydroxyl groups is 1. The van der Waals surface area contributed by atoms with Gasteiger partial charge in [0.05, 0.1) is 12.6 Å². The highest BCUT2D eigenvalue weighted by atomic mass is 35.5. The van der Waals surface area contributed by atoms with E-state index in [1.807, 2.05) is 12.1 Å². The Kier molecular flexibility index (Phi) is 5.56. The van der Waals surface area contributed by atoms with E-state index in [1.165, 1.54) is 0 Å². The van der Waals surface area contributed by atoms with Crippen molar-refractivity contribution in [2.24, 2.45) is 0 Å². The van der Waals surface area contributed by atoms with Crippen molar-refractivity contribution in [2.45, 2.75) is 32.4 Å². The van der Waals surface area contributed by atoms with E-state index in [0.717, 1.165) is 12.0 Å². The van der Waals surface area contributed by atoms with Crippen LogP contribution in [-0.4, -0.2) is 17.8 Å². The summed E-state index contributed by atoms with van der Waals surface area (Å²) in [6, 6.07) is 5.55. The van der Waals surface area contributed by atoms with Gasteiger partial charge in [0.15, 0.2) is 0 Å². The zero-order valence-electron chi connectivity index (χ0n) is 9.50. The van der Waals surface area contributed by atoms with Crippen molar-refractivity contribution >= 4 is 23.2 Å². The minimum absolute atomic E-state index is 0.0288. The molecule has 0 spiro atoms. The summed E-state index contributed by atoms with van der Waals surface area (Å²) >= 11 is 11.9. The minimum atomic E-state index is -0.119. The number of nitrogens with one attached hydrogen (secondary N) is 1. The fourth-order valence-corrected chi connectivity index (χ4v) is 2.03. The Hall–Kier alpha value is -0.280. The summed E-state index contributed by atoms with van der Waals surface area (Å²) in [7, 11) is 0. The molecule has 0 heterocycles. The van der Waals surface area contributed by atoms with Crippen molar-refractivity contribution in [1.29, 1.82) is 0 Å². The average Bonchev–Trinajstić information content (AvgIpc) is 2.24. The van der Waals surface area contributed by atoms with Crippen molar-refractivity contribution in [2.75, 3.05) is 6.61 Å². The standard InChI is InChI=1S/C12H17Cl2NO/c1-3-8(2)15-12(7-16)9-4-10(13)6-11(14)5-9/h4-6,8,12,15-16H,3,7H2,1-2H3. The summed E-state index contributed by atoms with van der Waals surface area (Å²) in [6.07, 6.45) is 1.00. The second-order valence-electron chi connectivity index (χ2n) is 3.91. The van der Waals surface area contributed by atoms with E-state index in [-0.39, 0.29) is 12.6 Å². The quantitative estimate of drug-likeness (QED) is 0.852. The molecule has 2 N–H and O–H groups in total. The largest absolute Gasteiger partial charge is 0.394 e. The van der Waals surface area contributed by atoms with Crippen LogP contribution in [0.25, 0.3) is 0 Å². The monoisotopic (exact) mass is 261 g/mol. The Balaban J connectivity index is 2.86. The third-order valence-corrected chi connectivity index (χ3v) is 3.00. The van der Waals surface area contributed by atoms with Gasteiger partial charge < -0.3 is 10.4 Å². The first kappa shape index (κ1) is 13.8. The van der Waals surface area contributed by atoms with Crippen LogP contribution in [0.5, 0.6) is 0 Å². The number of hydrogen-bond donors (Lipinski definition) is 2. The lowest BCUT2D eigenvalue weighted by molar-refractivity contribution is 0.234. The predicted octanol–water partition coefficient (Wildman–Crippen LogP) is 3.41. The number of benzene rings is 1. The fraction of sp³-hybridized carbons (Fsp3) is 0.500. The van der Waals surface area contributed by atoms with E-state index >= 15 is 0 Å². The number of rotatable bonds is 5. The Labute approximate surface area is 107 Å². The molecule has 90 valence electrons. The minimum Gasteiger partial charge on any atom is -0.394 e. The Morgan fingerprint density at radius 2 is 1.81 bits per heavy atom. The maximum atomic E-state index is 9.36.